The Labute approximate surface area is 113 Å². The third-order valence-corrected chi connectivity index (χ3v) is 2.77. The fraction of sp³-hybridized carbons (Fsp3) is 0.0769. The molecular weight excluding hydrogens is 265 g/mol. The summed E-state index contributed by atoms with van der Waals surface area (Å²) >= 11 is 0. The van der Waals surface area contributed by atoms with Crippen LogP contribution >= 0.6 is 0 Å². The predicted molar refractivity (Wildman–Crippen MR) is 70.0 cm³/mol. The molecule has 102 valence electrons. The van der Waals surface area contributed by atoms with E-state index in [0.29, 0.717) is 5.56 Å². The Bertz CT molecular complexity index is 688. The molecule has 0 bridgehead atoms. The molecule has 2 rings (SSSR count). The first-order valence-corrected chi connectivity index (χ1v) is 5.65. The summed E-state index contributed by atoms with van der Waals surface area (Å²) in [4.78, 5) is 25.7. The molecule has 0 saturated carbocycles. The lowest BCUT2D eigenvalue weighted by molar-refractivity contribution is -0.385. The molecule has 0 spiro atoms. The summed E-state index contributed by atoms with van der Waals surface area (Å²) in [7, 11) is 0. The van der Waals surface area contributed by atoms with E-state index < -0.39 is 16.6 Å². The quantitative estimate of drug-likeness (QED) is 0.689. The van der Waals surface area contributed by atoms with Crippen molar-refractivity contribution in [2.24, 2.45) is 0 Å². The molecular formula is C13H10FN3O3. The minimum atomic E-state index is -0.756. The third kappa shape index (κ3) is 2.61. The fourth-order valence-electron chi connectivity index (χ4n) is 1.71. The van der Waals surface area contributed by atoms with Gasteiger partial charge in [-0.05, 0) is 19.1 Å². The fourth-order valence-corrected chi connectivity index (χ4v) is 1.71. The summed E-state index contributed by atoms with van der Waals surface area (Å²) in [6, 6.07) is 5.53. The Morgan fingerprint density at radius 2 is 2.15 bits per heavy atom. The molecule has 0 fully saturated rings. The summed E-state index contributed by atoms with van der Waals surface area (Å²) in [5.41, 5.74) is 0.282. The van der Waals surface area contributed by atoms with E-state index in [-0.39, 0.29) is 16.9 Å². The van der Waals surface area contributed by atoms with Crippen molar-refractivity contribution in [2.45, 2.75) is 6.92 Å². The molecule has 0 radical (unpaired) electrons. The van der Waals surface area contributed by atoms with Crippen LogP contribution in [0, 0.1) is 22.9 Å². The molecule has 1 N–H and O–H groups in total. The first kappa shape index (κ1) is 13.6. The SMILES string of the molecule is Cc1c(NC(=O)c2ccncc2F)cccc1[N+](=O)[O-]. The molecule has 20 heavy (non-hydrogen) atoms. The van der Waals surface area contributed by atoms with Crippen molar-refractivity contribution in [1.82, 2.24) is 4.98 Å². The Morgan fingerprint density at radius 3 is 2.80 bits per heavy atom. The van der Waals surface area contributed by atoms with Crippen LogP contribution in [0.4, 0.5) is 15.8 Å². The molecule has 1 aromatic carbocycles. The highest BCUT2D eigenvalue weighted by molar-refractivity contribution is 6.04. The zero-order chi connectivity index (χ0) is 14.7. The molecule has 0 aliphatic heterocycles. The number of pyridine rings is 1. The van der Waals surface area contributed by atoms with Crippen molar-refractivity contribution in [3.05, 3.63) is 63.7 Å². The molecule has 1 amide bonds. The van der Waals surface area contributed by atoms with Gasteiger partial charge in [-0.1, -0.05) is 6.07 Å². The van der Waals surface area contributed by atoms with E-state index in [9.17, 15) is 19.3 Å². The number of benzene rings is 1. The molecule has 2 aromatic rings. The van der Waals surface area contributed by atoms with Crippen LogP contribution in [-0.2, 0) is 0 Å². The summed E-state index contributed by atoms with van der Waals surface area (Å²) < 4.78 is 13.4. The number of nitro groups is 1. The number of aromatic nitrogens is 1. The second kappa shape index (κ2) is 5.43. The lowest BCUT2D eigenvalue weighted by Gasteiger charge is -2.08. The van der Waals surface area contributed by atoms with Crippen molar-refractivity contribution >= 4 is 17.3 Å². The van der Waals surface area contributed by atoms with Gasteiger partial charge in [0.2, 0.25) is 0 Å². The van der Waals surface area contributed by atoms with E-state index in [1.54, 1.807) is 0 Å². The molecule has 0 aliphatic rings. The van der Waals surface area contributed by atoms with E-state index in [4.69, 9.17) is 0 Å². The summed E-state index contributed by atoms with van der Waals surface area (Å²) in [5.74, 6) is -1.44. The van der Waals surface area contributed by atoms with Gasteiger partial charge in [-0.3, -0.25) is 19.9 Å². The maximum Gasteiger partial charge on any atom is 0.274 e. The number of nitrogens with one attached hydrogen (secondary N) is 1. The van der Waals surface area contributed by atoms with Gasteiger partial charge in [0.25, 0.3) is 11.6 Å². The molecule has 0 atom stereocenters. The molecule has 0 aliphatic carbocycles. The Morgan fingerprint density at radius 1 is 1.40 bits per heavy atom. The van der Waals surface area contributed by atoms with E-state index >= 15 is 0 Å². The Kier molecular flexibility index (Phi) is 3.69. The summed E-state index contributed by atoms with van der Waals surface area (Å²) in [6.45, 7) is 1.51. The Hall–Kier alpha value is -2.83. The second-order valence-electron chi connectivity index (χ2n) is 4.02. The molecule has 7 heteroatoms. The van der Waals surface area contributed by atoms with Gasteiger partial charge < -0.3 is 5.32 Å². The standard InChI is InChI=1S/C13H10FN3O3/c1-8-11(3-2-4-12(8)17(19)20)16-13(18)9-5-6-15-7-10(9)14/h2-7H,1H3,(H,16,18). The molecule has 0 unspecified atom stereocenters. The first-order valence-electron chi connectivity index (χ1n) is 5.65. The molecule has 1 heterocycles. The minimum absolute atomic E-state index is 0.113. The smallest absolute Gasteiger partial charge is 0.274 e. The number of rotatable bonds is 3. The normalized spacial score (nSPS) is 10.1. The van der Waals surface area contributed by atoms with Crippen molar-refractivity contribution in [2.75, 3.05) is 5.32 Å². The van der Waals surface area contributed by atoms with Crippen molar-refractivity contribution in [3.8, 4) is 0 Å². The van der Waals surface area contributed by atoms with Crippen LogP contribution < -0.4 is 5.32 Å². The molecule has 6 nitrogen and oxygen atoms in total. The number of amides is 1. The highest BCUT2D eigenvalue weighted by Gasteiger charge is 2.17. The topological polar surface area (TPSA) is 85.1 Å². The number of anilines is 1. The number of carbonyl (C=O) groups is 1. The maximum atomic E-state index is 13.4. The monoisotopic (exact) mass is 275 g/mol. The lowest BCUT2D eigenvalue weighted by Crippen LogP contribution is -2.15. The number of nitro benzene ring substituents is 1. The number of halogens is 1. The first-order chi connectivity index (χ1) is 9.50. The largest absolute Gasteiger partial charge is 0.321 e. The third-order valence-electron chi connectivity index (χ3n) is 2.77. The number of carbonyl (C=O) groups excluding carboxylic acids is 1. The van der Waals surface area contributed by atoms with Crippen molar-refractivity contribution < 1.29 is 14.1 Å². The number of hydrogen-bond acceptors (Lipinski definition) is 4. The maximum absolute atomic E-state index is 13.4. The highest BCUT2D eigenvalue weighted by atomic mass is 19.1. The van der Waals surface area contributed by atoms with Gasteiger partial charge in [-0.15, -0.1) is 0 Å². The predicted octanol–water partition coefficient (Wildman–Crippen LogP) is 2.69. The van der Waals surface area contributed by atoms with Crippen LogP contribution in [0.5, 0.6) is 0 Å². The molecule has 1 aromatic heterocycles. The van der Waals surface area contributed by atoms with Gasteiger partial charge in [-0.25, -0.2) is 4.39 Å². The van der Waals surface area contributed by atoms with Gasteiger partial charge in [-0.2, -0.15) is 0 Å². The van der Waals surface area contributed by atoms with Gasteiger partial charge >= 0.3 is 0 Å². The van der Waals surface area contributed by atoms with Crippen LogP contribution in [0.3, 0.4) is 0 Å². The minimum Gasteiger partial charge on any atom is -0.321 e. The van der Waals surface area contributed by atoms with Crippen molar-refractivity contribution in [3.63, 3.8) is 0 Å². The average molecular weight is 275 g/mol. The molecule has 0 saturated heterocycles. The number of nitrogens with zero attached hydrogens (tertiary/aromatic N) is 2. The van der Waals surface area contributed by atoms with Crippen LogP contribution in [0.15, 0.2) is 36.7 Å². The van der Waals surface area contributed by atoms with Gasteiger partial charge in [0, 0.05) is 12.3 Å². The van der Waals surface area contributed by atoms with Crippen LogP contribution in [0.1, 0.15) is 15.9 Å². The van der Waals surface area contributed by atoms with Gasteiger partial charge in [0.15, 0.2) is 5.82 Å². The van der Waals surface area contributed by atoms with E-state index in [1.165, 1.54) is 37.4 Å². The number of hydrogen-bond donors (Lipinski definition) is 1. The van der Waals surface area contributed by atoms with E-state index in [1.807, 2.05) is 0 Å². The van der Waals surface area contributed by atoms with E-state index in [0.717, 1.165) is 6.20 Å². The van der Waals surface area contributed by atoms with Gasteiger partial charge in [0.05, 0.1) is 27.9 Å². The van der Waals surface area contributed by atoms with Crippen LogP contribution in [0.2, 0.25) is 0 Å². The van der Waals surface area contributed by atoms with Gasteiger partial charge in [0.1, 0.15) is 0 Å². The summed E-state index contributed by atoms with van der Waals surface area (Å²) in [6.07, 6.45) is 2.22. The average Bonchev–Trinajstić information content (AvgIpc) is 2.41. The van der Waals surface area contributed by atoms with E-state index in [2.05, 4.69) is 10.3 Å². The Balaban J connectivity index is 2.32. The second-order valence-corrected chi connectivity index (χ2v) is 4.02. The van der Waals surface area contributed by atoms with Crippen LogP contribution in [-0.4, -0.2) is 15.8 Å². The van der Waals surface area contributed by atoms with Crippen LogP contribution in [0.25, 0.3) is 0 Å². The van der Waals surface area contributed by atoms with Crippen molar-refractivity contribution in [1.29, 1.82) is 0 Å². The zero-order valence-electron chi connectivity index (χ0n) is 10.5. The highest BCUT2D eigenvalue weighted by Crippen LogP contribution is 2.25. The summed E-state index contributed by atoms with van der Waals surface area (Å²) in [5, 5.41) is 13.3. The zero-order valence-corrected chi connectivity index (χ0v) is 10.5. The lowest BCUT2D eigenvalue weighted by atomic mass is 10.1.